The van der Waals surface area contributed by atoms with E-state index in [0.717, 1.165) is 10.6 Å². The summed E-state index contributed by atoms with van der Waals surface area (Å²) in [6.45, 7) is 4.72. The number of hydrogen-bond donors (Lipinski definition) is 3. The lowest BCUT2D eigenvalue weighted by Gasteiger charge is -2.37. The third kappa shape index (κ3) is 5.37. The van der Waals surface area contributed by atoms with Gasteiger partial charge in [-0.1, -0.05) is 25.1 Å². The first kappa shape index (κ1) is 24.8. The molecule has 0 aliphatic carbocycles. The molecule has 3 aromatic rings. The number of rotatable bonds is 7. The van der Waals surface area contributed by atoms with Crippen molar-refractivity contribution >= 4 is 28.8 Å². The molecule has 0 unspecified atom stereocenters. The Kier molecular flexibility index (Phi) is 7.80. The fourth-order valence-corrected chi connectivity index (χ4v) is 4.76. The van der Waals surface area contributed by atoms with Crippen molar-refractivity contribution in [3.05, 3.63) is 65.2 Å². The molecule has 0 fully saturated rings. The first-order valence-electron chi connectivity index (χ1n) is 11.6. The second kappa shape index (κ2) is 11.0. The number of nitrogens with one attached hydrogen (secondary N) is 2. The van der Waals surface area contributed by atoms with Crippen molar-refractivity contribution in [1.82, 2.24) is 15.2 Å². The Hall–Kier alpha value is -3.27. The van der Waals surface area contributed by atoms with Crippen molar-refractivity contribution in [1.29, 1.82) is 0 Å². The van der Waals surface area contributed by atoms with Crippen LogP contribution in [0.15, 0.2) is 54.0 Å². The van der Waals surface area contributed by atoms with Gasteiger partial charge in [0, 0.05) is 41.7 Å². The van der Waals surface area contributed by atoms with E-state index in [1.165, 1.54) is 11.3 Å². The van der Waals surface area contributed by atoms with Gasteiger partial charge in [-0.3, -0.25) is 9.59 Å². The Morgan fingerprint density at radius 2 is 2.06 bits per heavy atom. The van der Waals surface area contributed by atoms with Crippen LogP contribution < -0.4 is 15.4 Å². The predicted octanol–water partition coefficient (Wildman–Crippen LogP) is 3.50. The lowest BCUT2D eigenvalue weighted by atomic mass is 9.99. The Bertz CT molecular complexity index is 1170. The summed E-state index contributed by atoms with van der Waals surface area (Å²) >= 11 is 1.54. The van der Waals surface area contributed by atoms with Crippen molar-refractivity contribution in [2.24, 2.45) is 5.92 Å². The number of anilines is 1. The molecular formula is C26H30N4O4S. The van der Waals surface area contributed by atoms with E-state index < -0.39 is 0 Å². The maximum atomic E-state index is 13.5. The molecule has 9 heteroatoms. The van der Waals surface area contributed by atoms with E-state index in [9.17, 15) is 14.7 Å². The minimum atomic E-state index is -0.347. The highest BCUT2D eigenvalue weighted by Crippen LogP contribution is 2.35. The smallest absolute Gasteiger partial charge is 0.258 e. The summed E-state index contributed by atoms with van der Waals surface area (Å²) in [4.78, 5) is 32.5. The van der Waals surface area contributed by atoms with Crippen LogP contribution in [0.5, 0.6) is 5.75 Å². The summed E-state index contributed by atoms with van der Waals surface area (Å²) in [6, 6.07) is 12.0. The molecule has 0 spiro atoms. The largest absolute Gasteiger partial charge is 0.486 e. The van der Waals surface area contributed by atoms with E-state index in [1.807, 2.05) is 38.4 Å². The van der Waals surface area contributed by atoms with E-state index in [2.05, 4.69) is 15.6 Å². The number of aliphatic hydroxyl groups excluding tert-OH is 1. The third-order valence-corrected chi connectivity index (χ3v) is 6.99. The number of thiazole rings is 1. The molecule has 0 radical (unpaired) electrons. The number of amides is 2. The first-order chi connectivity index (χ1) is 16.9. The van der Waals surface area contributed by atoms with Crippen molar-refractivity contribution in [2.75, 3.05) is 32.1 Å². The Morgan fingerprint density at radius 1 is 1.29 bits per heavy atom. The molecule has 3 N–H and O–H groups in total. The molecule has 0 saturated heterocycles. The highest BCUT2D eigenvalue weighted by atomic mass is 32.1. The van der Waals surface area contributed by atoms with Gasteiger partial charge in [0.1, 0.15) is 11.1 Å². The van der Waals surface area contributed by atoms with Crippen LogP contribution in [0.4, 0.5) is 5.69 Å². The molecule has 35 heavy (non-hydrogen) atoms. The first-order valence-corrected chi connectivity index (χ1v) is 12.5. The zero-order valence-corrected chi connectivity index (χ0v) is 20.8. The summed E-state index contributed by atoms with van der Waals surface area (Å²) in [5.41, 5.74) is 2.21. The number of aliphatic hydroxyl groups is 1. The fraction of sp³-hybridized carbons (Fsp3) is 0.346. The van der Waals surface area contributed by atoms with Gasteiger partial charge in [0.15, 0.2) is 5.75 Å². The molecule has 1 aromatic heterocycles. The molecule has 3 atom stereocenters. The molecule has 0 bridgehead atoms. The van der Waals surface area contributed by atoms with Gasteiger partial charge >= 0.3 is 0 Å². The number of carbonyl (C=O) groups excluding carboxylic acids is 2. The SMILES string of the molecule is CNC[C@@H]1Oc2c(NC(=O)c3ccc(-c4nccs4)cc3)cccc2C(=O)N([C@H](C)CO)C[C@@H]1C. The highest BCUT2D eigenvalue weighted by Gasteiger charge is 2.33. The fourth-order valence-electron chi connectivity index (χ4n) is 4.11. The summed E-state index contributed by atoms with van der Waals surface area (Å²) in [7, 11) is 1.85. The lowest BCUT2D eigenvalue weighted by molar-refractivity contribution is 0.0417. The Labute approximate surface area is 209 Å². The van der Waals surface area contributed by atoms with Gasteiger partial charge < -0.3 is 25.4 Å². The summed E-state index contributed by atoms with van der Waals surface area (Å²) < 4.78 is 6.36. The molecule has 2 amide bonds. The Balaban J connectivity index is 1.65. The zero-order chi connectivity index (χ0) is 24.9. The van der Waals surface area contributed by atoms with Gasteiger partial charge in [-0.15, -0.1) is 11.3 Å². The van der Waals surface area contributed by atoms with E-state index >= 15 is 0 Å². The number of carbonyl (C=O) groups is 2. The number of aromatic nitrogens is 1. The van der Waals surface area contributed by atoms with Gasteiger partial charge in [0.2, 0.25) is 0 Å². The molecule has 4 rings (SSSR count). The van der Waals surface area contributed by atoms with Crippen molar-refractivity contribution in [3.8, 4) is 16.3 Å². The summed E-state index contributed by atoms with van der Waals surface area (Å²) in [6.07, 6.45) is 1.51. The van der Waals surface area contributed by atoms with Crippen molar-refractivity contribution < 1.29 is 19.4 Å². The normalized spacial score (nSPS) is 18.7. The number of nitrogens with zero attached hydrogens (tertiary/aromatic N) is 2. The minimum Gasteiger partial charge on any atom is -0.486 e. The van der Waals surface area contributed by atoms with Crippen LogP contribution in [0.1, 0.15) is 34.6 Å². The number of para-hydroxylation sites is 1. The molecule has 1 aliphatic rings. The molecule has 184 valence electrons. The van der Waals surface area contributed by atoms with Crippen molar-refractivity contribution in [2.45, 2.75) is 26.0 Å². The predicted molar refractivity (Wildman–Crippen MR) is 137 cm³/mol. The van der Waals surface area contributed by atoms with E-state index in [4.69, 9.17) is 4.74 Å². The Morgan fingerprint density at radius 3 is 2.71 bits per heavy atom. The number of ether oxygens (including phenoxy) is 1. The second-order valence-electron chi connectivity index (χ2n) is 8.73. The summed E-state index contributed by atoms with van der Waals surface area (Å²) in [5.74, 6) is -0.205. The molecular weight excluding hydrogens is 464 g/mol. The number of fused-ring (bicyclic) bond motifs is 1. The van der Waals surface area contributed by atoms with E-state index in [1.54, 1.807) is 41.4 Å². The van der Waals surface area contributed by atoms with Gasteiger partial charge in [0.25, 0.3) is 11.8 Å². The quantitative estimate of drug-likeness (QED) is 0.465. The topological polar surface area (TPSA) is 104 Å². The van der Waals surface area contributed by atoms with Crippen molar-refractivity contribution in [3.63, 3.8) is 0 Å². The van der Waals surface area contributed by atoms with Crippen LogP contribution in [-0.2, 0) is 0 Å². The monoisotopic (exact) mass is 494 g/mol. The average Bonchev–Trinajstić information content (AvgIpc) is 3.41. The van der Waals surface area contributed by atoms with Gasteiger partial charge in [-0.2, -0.15) is 0 Å². The maximum Gasteiger partial charge on any atom is 0.258 e. The van der Waals surface area contributed by atoms with Gasteiger partial charge in [-0.25, -0.2) is 4.98 Å². The molecule has 2 aromatic carbocycles. The number of hydrogen-bond acceptors (Lipinski definition) is 7. The van der Waals surface area contributed by atoms with Gasteiger partial charge in [-0.05, 0) is 38.2 Å². The minimum absolute atomic E-state index is 0.00397. The number of likely N-dealkylation sites (N-methyl/N-ethyl adjacent to an activating group) is 1. The van der Waals surface area contributed by atoms with Crippen LogP contribution in [0, 0.1) is 5.92 Å². The van der Waals surface area contributed by atoms with E-state index in [0.29, 0.717) is 35.7 Å². The van der Waals surface area contributed by atoms with Crippen LogP contribution >= 0.6 is 11.3 Å². The molecule has 0 saturated carbocycles. The van der Waals surface area contributed by atoms with Crippen LogP contribution in [0.2, 0.25) is 0 Å². The summed E-state index contributed by atoms with van der Waals surface area (Å²) in [5, 5.41) is 18.6. The molecule has 1 aliphatic heterocycles. The molecule has 2 heterocycles. The van der Waals surface area contributed by atoms with Crippen LogP contribution in [-0.4, -0.2) is 65.7 Å². The van der Waals surface area contributed by atoms with Crippen LogP contribution in [0.25, 0.3) is 10.6 Å². The van der Waals surface area contributed by atoms with E-state index in [-0.39, 0.29) is 36.5 Å². The average molecular weight is 495 g/mol. The number of benzene rings is 2. The standard InChI is InChI=1S/C26H30N4O4S/c1-16-14-30(17(2)15-31)26(33)20-5-4-6-21(23(20)34-22(16)13-27-3)29-24(32)18-7-9-19(10-8-18)25-28-11-12-35-25/h4-12,16-17,22,27,31H,13-15H2,1-3H3,(H,29,32)/t16-,17+,22-/m0/s1. The highest BCUT2D eigenvalue weighted by molar-refractivity contribution is 7.13. The lowest BCUT2D eigenvalue weighted by Crippen LogP contribution is -2.49. The zero-order valence-electron chi connectivity index (χ0n) is 20.0. The van der Waals surface area contributed by atoms with Gasteiger partial charge in [0.05, 0.1) is 23.9 Å². The molecule has 8 nitrogen and oxygen atoms in total. The maximum absolute atomic E-state index is 13.5. The second-order valence-corrected chi connectivity index (χ2v) is 9.63. The third-order valence-electron chi connectivity index (χ3n) is 6.17. The van der Waals surface area contributed by atoms with Crippen LogP contribution in [0.3, 0.4) is 0 Å².